The van der Waals surface area contributed by atoms with Crippen LogP contribution in [0, 0.1) is 17.2 Å². The summed E-state index contributed by atoms with van der Waals surface area (Å²) in [5, 5.41) is 12.3. The van der Waals surface area contributed by atoms with Crippen molar-refractivity contribution < 1.29 is 0 Å². The first-order valence-electron chi connectivity index (χ1n) is 5.84. The van der Waals surface area contributed by atoms with Crippen LogP contribution in [0.4, 0.5) is 5.69 Å². The van der Waals surface area contributed by atoms with Crippen molar-refractivity contribution in [1.82, 2.24) is 4.98 Å². The van der Waals surface area contributed by atoms with Crippen LogP contribution in [0.15, 0.2) is 18.3 Å². The van der Waals surface area contributed by atoms with Gasteiger partial charge in [0.05, 0.1) is 5.69 Å². The van der Waals surface area contributed by atoms with Gasteiger partial charge in [0, 0.05) is 18.3 Å². The van der Waals surface area contributed by atoms with E-state index in [1.807, 2.05) is 12.1 Å². The molecule has 4 heteroatoms. The van der Waals surface area contributed by atoms with Crippen molar-refractivity contribution in [2.24, 2.45) is 11.7 Å². The first-order valence-corrected chi connectivity index (χ1v) is 5.84. The quantitative estimate of drug-likeness (QED) is 0.815. The minimum Gasteiger partial charge on any atom is -0.376 e. The molecular formula is C13H20N4. The summed E-state index contributed by atoms with van der Waals surface area (Å²) in [5.41, 5.74) is 6.79. The summed E-state index contributed by atoms with van der Waals surface area (Å²) < 4.78 is 0. The van der Waals surface area contributed by atoms with Crippen LogP contribution < -0.4 is 11.1 Å². The fourth-order valence-electron chi connectivity index (χ4n) is 2.01. The molecule has 3 N–H and O–H groups in total. The van der Waals surface area contributed by atoms with Gasteiger partial charge in [-0.3, -0.25) is 0 Å². The molecule has 92 valence electrons. The van der Waals surface area contributed by atoms with Gasteiger partial charge in [-0.25, -0.2) is 4.98 Å². The summed E-state index contributed by atoms with van der Waals surface area (Å²) in [7, 11) is 0. The molecule has 1 aromatic heterocycles. The fraction of sp³-hybridized carbons (Fsp3) is 0.538. The zero-order valence-electron chi connectivity index (χ0n) is 10.7. The van der Waals surface area contributed by atoms with Gasteiger partial charge in [-0.05, 0) is 31.4 Å². The van der Waals surface area contributed by atoms with Crippen molar-refractivity contribution in [1.29, 1.82) is 5.26 Å². The first kappa shape index (κ1) is 13.5. The molecule has 0 aliphatic heterocycles. The third-order valence-corrected chi connectivity index (χ3v) is 2.66. The summed E-state index contributed by atoms with van der Waals surface area (Å²) in [4.78, 5) is 4.03. The van der Waals surface area contributed by atoms with Gasteiger partial charge in [0.2, 0.25) is 0 Å². The van der Waals surface area contributed by atoms with Crippen LogP contribution in [0.5, 0.6) is 0 Å². The van der Waals surface area contributed by atoms with Crippen molar-refractivity contribution in [3.63, 3.8) is 0 Å². The summed E-state index contributed by atoms with van der Waals surface area (Å²) in [5.74, 6) is 0.540. The Kier molecular flexibility index (Phi) is 4.47. The molecule has 1 aromatic rings. The number of nitrogens with one attached hydrogen (secondary N) is 1. The molecule has 1 rings (SSSR count). The molecule has 0 saturated carbocycles. The van der Waals surface area contributed by atoms with Gasteiger partial charge < -0.3 is 11.1 Å². The van der Waals surface area contributed by atoms with Crippen LogP contribution >= 0.6 is 0 Å². The van der Waals surface area contributed by atoms with Gasteiger partial charge in [-0.1, -0.05) is 13.8 Å². The van der Waals surface area contributed by atoms with E-state index in [-0.39, 0.29) is 5.54 Å². The highest BCUT2D eigenvalue weighted by Gasteiger charge is 2.24. The predicted octanol–water partition coefficient (Wildman–Crippen LogP) is 2.13. The number of rotatable bonds is 5. The Morgan fingerprint density at radius 3 is 2.82 bits per heavy atom. The van der Waals surface area contributed by atoms with Crippen LogP contribution in [0.2, 0.25) is 0 Å². The highest BCUT2D eigenvalue weighted by atomic mass is 15.0. The van der Waals surface area contributed by atoms with Gasteiger partial charge >= 0.3 is 0 Å². The Bertz CT molecular complexity index is 408. The largest absolute Gasteiger partial charge is 0.376 e. The fourth-order valence-corrected chi connectivity index (χ4v) is 2.01. The molecule has 17 heavy (non-hydrogen) atoms. The Morgan fingerprint density at radius 1 is 1.59 bits per heavy atom. The number of nitrogens with zero attached hydrogens (tertiary/aromatic N) is 2. The molecular weight excluding hydrogens is 212 g/mol. The monoisotopic (exact) mass is 232 g/mol. The first-order chi connectivity index (χ1) is 8.00. The minimum absolute atomic E-state index is 0.206. The van der Waals surface area contributed by atoms with E-state index in [1.54, 1.807) is 6.20 Å². The Balaban J connectivity index is 2.91. The number of aromatic nitrogens is 1. The van der Waals surface area contributed by atoms with Crippen molar-refractivity contribution in [3.05, 3.63) is 24.0 Å². The minimum atomic E-state index is -0.206. The molecule has 0 aliphatic rings. The van der Waals surface area contributed by atoms with Crippen LogP contribution in [-0.2, 0) is 0 Å². The Hall–Kier alpha value is -1.60. The zero-order chi connectivity index (χ0) is 12.9. The predicted molar refractivity (Wildman–Crippen MR) is 69.5 cm³/mol. The zero-order valence-corrected chi connectivity index (χ0v) is 10.7. The number of pyridine rings is 1. The molecule has 1 unspecified atom stereocenters. The van der Waals surface area contributed by atoms with Crippen LogP contribution in [0.25, 0.3) is 0 Å². The second-order valence-electron chi connectivity index (χ2n) is 5.00. The Morgan fingerprint density at radius 2 is 2.29 bits per heavy atom. The topological polar surface area (TPSA) is 74.7 Å². The highest BCUT2D eigenvalue weighted by Crippen LogP contribution is 2.22. The van der Waals surface area contributed by atoms with Gasteiger partial charge in [0.1, 0.15) is 6.07 Å². The molecule has 1 heterocycles. The molecule has 4 nitrogen and oxygen atoms in total. The van der Waals surface area contributed by atoms with E-state index >= 15 is 0 Å². The van der Waals surface area contributed by atoms with E-state index in [0.717, 1.165) is 12.1 Å². The lowest BCUT2D eigenvalue weighted by Gasteiger charge is -2.32. The van der Waals surface area contributed by atoms with Crippen LogP contribution in [-0.4, -0.2) is 17.1 Å². The van der Waals surface area contributed by atoms with Crippen molar-refractivity contribution in [2.45, 2.75) is 32.7 Å². The van der Waals surface area contributed by atoms with Gasteiger partial charge in [0.25, 0.3) is 0 Å². The molecule has 0 spiro atoms. The normalized spacial score (nSPS) is 14.1. The van der Waals surface area contributed by atoms with E-state index in [0.29, 0.717) is 18.2 Å². The van der Waals surface area contributed by atoms with E-state index in [1.165, 1.54) is 0 Å². The maximum Gasteiger partial charge on any atom is 0.163 e. The average Bonchev–Trinajstić information content (AvgIpc) is 2.28. The molecule has 0 fully saturated rings. The number of nitriles is 1. The third-order valence-electron chi connectivity index (χ3n) is 2.66. The maximum atomic E-state index is 8.99. The molecule has 0 amide bonds. The highest BCUT2D eigenvalue weighted by molar-refractivity contribution is 5.54. The standard InChI is InChI=1S/C13H20N4/c1-10(2)7-13(3,9-15)17-11-5-4-6-16-12(11)8-14/h4-6,10,17H,7,9,15H2,1-3H3. The van der Waals surface area contributed by atoms with Crippen LogP contribution in [0.1, 0.15) is 32.9 Å². The molecule has 0 aliphatic carbocycles. The van der Waals surface area contributed by atoms with Crippen molar-refractivity contribution in [2.75, 3.05) is 11.9 Å². The molecule has 1 atom stereocenters. The lowest BCUT2D eigenvalue weighted by Crippen LogP contribution is -2.43. The second-order valence-corrected chi connectivity index (χ2v) is 5.00. The third kappa shape index (κ3) is 3.72. The van der Waals surface area contributed by atoms with Crippen LogP contribution in [0.3, 0.4) is 0 Å². The lowest BCUT2D eigenvalue weighted by atomic mass is 9.90. The number of hydrogen-bond donors (Lipinski definition) is 2. The van der Waals surface area contributed by atoms with E-state index in [2.05, 4.69) is 37.1 Å². The summed E-state index contributed by atoms with van der Waals surface area (Å²) >= 11 is 0. The summed E-state index contributed by atoms with van der Waals surface area (Å²) in [6.07, 6.45) is 2.56. The smallest absolute Gasteiger partial charge is 0.163 e. The summed E-state index contributed by atoms with van der Waals surface area (Å²) in [6.45, 7) is 6.90. The second kappa shape index (κ2) is 5.65. The van der Waals surface area contributed by atoms with E-state index in [9.17, 15) is 0 Å². The van der Waals surface area contributed by atoms with Crippen molar-refractivity contribution >= 4 is 5.69 Å². The van der Waals surface area contributed by atoms with Gasteiger partial charge in [-0.2, -0.15) is 5.26 Å². The molecule has 0 saturated heterocycles. The average molecular weight is 232 g/mol. The lowest BCUT2D eigenvalue weighted by molar-refractivity contribution is 0.407. The maximum absolute atomic E-state index is 8.99. The van der Waals surface area contributed by atoms with E-state index < -0.39 is 0 Å². The molecule has 0 aromatic carbocycles. The summed E-state index contributed by atoms with van der Waals surface area (Å²) in [6, 6.07) is 5.76. The number of hydrogen-bond acceptors (Lipinski definition) is 4. The van der Waals surface area contributed by atoms with Crippen molar-refractivity contribution in [3.8, 4) is 6.07 Å². The Labute approximate surface area is 103 Å². The molecule has 0 bridgehead atoms. The van der Waals surface area contributed by atoms with Gasteiger partial charge in [-0.15, -0.1) is 0 Å². The number of anilines is 1. The van der Waals surface area contributed by atoms with Gasteiger partial charge in [0.15, 0.2) is 5.69 Å². The van der Waals surface area contributed by atoms with E-state index in [4.69, 9.17) is 11.0 Å². The number of nitrogens with two attached hydrogens (primary N) is 1. The SMILES string of the molecule is CC(C)CC(C)(CN)Nc1cccnc1C#N. The molecule has 0 radical (unpaired) electrons.